The number of nitrogens with one attached hydrogen (secondary N) is 1. The Labute approximate surface area is 71.1 Å². The van der Waals surface area contributed by atoms with Gasteiger partial charge in [-0.2, -0.15) is 0 Å². The maximum Gasteiger partial charge on any atom is 0.247 e. The van der Waals surface area contributed by atoms with Crippen molar-refractivity contribution in [3.05, 3.63) is 36.7 Å². The molecule has 62 valence electrons. The number of nitrogens with zero attached hydrogens (tertiary/aromatic N) is 1. The molecule has 1 rings (SSSR count). The van der Waals surface area contributed by atoms with Gasteiger partial charge in [-0.3, -0.25) is 9.78 Å². The molecule has 0 saturated carbocycles. The lowest BCUT2D eigenvalue weighted by atomic mass is 10.2. The van der Waals surface area contributed by atoms with Crippen LogP contribution in [0.2, 0.25) is 0 Å². The van der Waals surface area contributed by atoms with E-state index in [1.807, 2.05) is 6.92 Å². The average Bonchev–Trinajstić information content (AvgIpc) is 2.09. The molecule has 0 bridgehead atoms. The largest absolute Gasteiger partial charge is 0.322 e. The standard InChI is InChI=1S/C9H10N2O/c1-3-9(12)11-8-4-5-10-6-7(8)2/h3-6H,1H2,2H3,(H,10,11,12). The highest BCUT2D eigenvalue weighted by Gasteiger charge is 1.98. The molecule has 1 heterocycles. The number of carbonyl (C=O) groups excluding carboxylic acids is 1. The topological polar surface area (TPSA) is 42.0 Å². The predicted molar refractivity (Wildman–Crippen MR) is 47.8 cm³/mol. The Bertz CT molecular complexity index is 307. The molecule has 1 aromatic rings. The second-order valence-electron chi connectivity index (χ2n) is 2.38. The molecular formula is C9H10N2O. The van der Waals surface area contributed by atoms with Crippen molar-refractivity contribution >= 4 is 11.6 Å². The van der Waals surface area contributed by atoms with E-state index in [4.69, 9.17) is 0 Å². The van der Waals surface area contributed by atoms with Gasteiger partial charge >= 0.3 is 0 Å². The maximum absolute atomic E-state index is 10.9. The average molecular weight is 162 g/mol. The molecule has 0 atom stereocenters. The van der Waals surface area contributed by atoms with Crippen molar-refractivity contribution in [2.75, 3.05) is 5.32 Å². The first-order valence-electron chi connectivity index (χ1n) is 3.58. The molecule has 12 heavy (non-hydrogen) atoms. The smallest absolute Gasteiger partial charge is 0.247 e. The van der Waals surface area contributed by atoms with E-state index in [0.717, 1.165) is 11.3 Å². The van der Waals surface area contributed by atoms with Crippen molar-refractivity contribution in [3.8, 4) is 0 Å². The third-order valence-corrected chi connectivity index (χ3v) is 1.46. The minimum Gasteiger partial charge on any atom is -0.322 e. The number of rotatable bonds is 2. The van der Waals surface area contributed by atoms with Crippen molar-refractivity contribution in [1.29, 1.82) is 0 Å². The first-order chi connectivity index (χ1) is 5.74. The third-order valence-electron chi connectivity index (χ3n) is 1.46. The van der Waals surface area contributed by atoms with E-state index in [2.05, 4.69) is 16.9 Å². The highest BCUT2D eigenvalue weighted by Crippen LogP contribution is 2.10. The summed E-state index contributed by atoms with van der Waals surface area (Å²) in [7, 11) is 0. The summed E-state index contributed by atoms with van der Waals surface area (Å²) in [4.78, 5) is 14.8. The second-order valence-corrected chi connectivity index (χ2v) is 2.38. The number of anilines is 1. The molecule has 3 heteroatoms. The van der Waals surface area contributed by atoms with Crippen molar-refractivity contribution in [2.24, 2.45) is 0 Å². The molecule has 1 N–H and O–H groups in total. The first-order valence-corrected chi connectivity index (χ1v) is 3.58. The summed E-state index contributed by atoms with van der Waals surface area (Å²) in [6.45, 7) is 5.24. The fourth-order valence-corrected chi connectivity index (χ4v) is 0.797. The molecule has 1 amide bonds. The summed E-state index contributed by atoms with van der Waals surface area (Å²) in [5.74, 6) is -0.204. The Morgan fingerprint density at radius 1 is 1.75 bits per heavy atom. The van der Waals surface area contributed by atoms with E-state index in [1.54, 1.807) is 18.5 Å². The second kappa shape index (κ2) is 3.67. The Hall–Kier alpha value is -1.64. The zero-order valence-corrected chi connectivity index (χ0v) is 6.87. The highest BCUT2D eigenvalue weighted by atomic mass is 16.1. The van der Waals surface area contributed by atoms with E-state index in [1.165, 1.54) is 6.08 Å². The van der Waals surface area contributed by atoms with Crippen molar-refractivity contribution < 1.29 is 4.79 Å². The summed E-state index contributed by atoms with van der Waals surface area (Å²) in [6.07, 6.45) is 4.56. The van der Waals surface area contributed by atoms with Crippen LogP contribution in [0, 0.1) is 6.92 Å². The van der Waals surface area contributed by atoms with Gasteiger partial charge in [0, 0.05) is 18.1 Å². The Morgan fingerprint density at radius 3 is 3.08 bits per heavy atom. The van der Waals surface area contributed by atoms with E-state index >= 15 is 0 Å². The van der Waals surface area contributed by atoms with E-state index < -0.39 is 0 Å². The summed E-state index contributed by atoms with van der Waals surface area (Å²) in [6, 6.07) is 1.75. The highest BCUT2D eigenvalue weighted by molar-refractivity contribution is 5.99. The van der Waals surface area contributed by atoms with Crippen LogP contribution in [-0.2, 0) is 4.79 Å². The van der Waals surface area contributed by atoms with Crippen LogP contribution in [-0.4, -0.2) is 10.9 Å². The van der Waals surface area contributed by atoms with E-state index in [0.29, 0.717) is 0 Å². The molecule has 0 aromatic carbocycles. The van der Waals surface area contributed by atoms with Gasteiger partial charge in [0.2, 0.25) is 5.91 Å². The fourth-order valence-electron chi connectivity index (χ4n) is 0.797. The summed E-state index contributed by atoms with van der Waals surface area (Å²) >= 11 is 0. The number of amides is 1. The van der Waals surface area contributed by atoms with Crippen LogP contribution in [0.15, 0.2) is 31.1 Å². The van der Waals surface area contributed by atoms with Gasteiger partial charge in [0.15, 0.2) is 0 Å². The molecule has 0 fully saturated rings. The third kappa shape index (κ3) is 1.92. The van der Waals surface area contributed by atoms with Gasteiger partial charge < -0.3 is 5.32 Å². The number of hydrogen-bond acceptors (Lipinski definition) is 2. The summed E-state index contributed by atoms with van der Waals surface area (Å²) < 4.78 is 0. The van der Waals surface area contributed by atoms with Crippen LogP contribution < -0.4 is 5.32 Å². The Balaban J connectivity index is 2.82. The van der Waals surface area contributed by atoms with Crippen LogP contribution in [0.1, 0.15) is 5.56 Å². The number of pyridine rings is 1. The summed E-state index contributed by atoms with van der Waals surface area (Å²) in [5.41, 5.74) is 1.71. The van der Waals surface area contributed by atoms with Crippen molar-refractivity contribution in [2.45, 2.75) is 6.92 Å². The van der Waals surface area contributed by atoms with Gasteiger partial charge in [0.1, 0.15) is 0 Å². The summed E-state index contributed by atoms with van der Waals surface area (Å²) in [5, 5.41) is 2.66. The number of aryl methyl sites for hydroxylation is 1. The van der Waals surface area contributed by atoms with Gasteiger partial charge in [-0.05, 0) is 24.6 Å². The monoisotopic (exact) mass is 162 g/mol. The normalized spacial score (nSPS) is 9.08. The molecule has 0 spiro atoms. The predicted octanol–water partition coefficient (Wildman–Crippen LogP) is 1.51. The van der Waals surface area contributed by atoms with Gasteiger partial charge in [-0.25, -0.2) is 0 Å². The SMILES string of the molecule is C=CC(=O)Nc1ccncc1C. The molecule has 0 saturated heterocycles. The van der Waals surface area contributed by atoms with Crippen molar-refractivity contribution in [1.82, 2.24) is 4.98 Å². The molecule has 0 aliphatic heterocycles. The number of hydrogen-bond donors (Lipinski definition) is 1. The molecule has 1 aromatic heterocycles. The van der Waals surface area contributed by atoms with Crippen molar-refractivity contribution in [3.63, 3.8) is 0 Å². The fraction of sp³-hybridized carbons (Fsp3) is 0.111. The molecule has 3 nitrogen and oxygen atoms in total. The zero-order chi connectivity index (χ0) is 8.97. The maximum atomic E-state index is 10.9. The zero-order valence-electron chi connectivity index (χ0n) is 6.87. The Kier molecular flexibility index (Phi) is 2.58. The lowest BCUT2D eigenvalue weighted by Gasteiger charge is -2.03. The lowest BCUT2D eigenvalue weighted by molar-refractivity contribution is -0.111. The van der Waals surface area contributed by atoms with Crippen LogP contribution in [0.4, 0.5) is 5.69 Å². The van der Waals surface area contributed by atoms with E-state index in [9.17, 15) is 4.79 Å². The number of aromatic nitrogens is 1. The van der Waals surface area contributed by atoms with Gasteiger partial charge in [0.25, 0.3) is 0 Å². The van der Waals surface area contributed by atoms with Gasteiger partial charge in [-0.15, -0.1) is 0 Å². The Morgan fingerprint density at radius 2 is 2.50 bits per heavy atom. The number of carbonyl (C=O) groups is 1. The molecule has 0 radical (unpaired) electrons. The van der Waals surface area contributed by atoms with Crippen LogP contribution >= 0.6 is 0 Å². The lowest BCUT2D eigenvalue weighted by Crippen LogP contribution is -2.08. The first kappa shape index (κ1) is 8.46. The van der Waals surface area contributed by atoms with Gasteiger partial charge in [0.05, 0.1) is 0 Å². The minimum absolute atomic E-state index is 0.204. The van der Waals surface area contributed by atoms with Crippen LogP contribution in [0.5, 0.6) is 0 Å². The van der Waals surface area contributed by atoms with Gasteiger partial charge in [-0.1, -0.05) is 6.58 Å². The molecular weight excluding hydrogens is 152 g/mol. The molecule has 0 aliphatic carbocycles. The minimum atomic E-state index is -0.204. The van der Waals surface area contributed by atoms with Crippen LogP contribution in [0.3, 0.4) is 0 Å². The molecule has 0 unspecified atom stereocenters. The quantitative estimate of drug-likeness (QED) is 0.670. The molecule has 0 aliphatic rings. The van der Waals surface area contributed by atoms with E-state index in [-0.39, 0.29) is 5.91 Å². The van der Waals surface area contributed by atoms with Crippen LogP contribution in [0.25, 0.3) is 0 Å².